The van der Waals surface area contributed by atoms with Crippen LogP contribution in [0, 0.1) is 0 Å². The molecule has 102 valence electrons. The van der Waals surface area contributed by atoms with Crippen LogP contribution in [0.25, 0.3) is 0 Å². The predicted octanol–water partition coefficient (Wildman–Crippen LogP) is 1.39. The minimum absolute atomic E-state index is 0.0103. The van der Waals surface area contributed by atoms with Gasteiger partial charge in [0, 0.05) is 23.7 Å². The van der Waals surface area contributed by atoms with Crippen LogP contribution in [0.15, 0.2) is 24.3 Å². The van der Waals surface area contributed by atoms with Crippen molar-refractivity contribution in [2.75, 3.05) is 11.9 Å². The fourth-order valence-corrected chi connectivity index (χ4v) is 2.13. The molecule has 0 unspecified atom stereocenters. The molecule has 1 saturated heterocycles. The van der Waals surface area contributed by atoms with Crippen LogP contribution in [0.4, 0.5) is 10.5 Å². The van der Waals surface area contributed by atoms with Crippen molar-refractivity contribution < 1.29 is 19.8 Å². The number of aliphatic hydroxyl groups is 1. The zero-order valence-electron chi connectivity index (χ0n) is 9.91. The third-order valence-corrected chi connectivity index (χ3v) is 3.17. The molecule has 0 aliphatic carbocycles. The van der Waals surface area contributed by atoms with Crippen molar-refractivity contribution in [3.63, 3.8) is 0 Å². The number of β-amino-alcohol motifs (C(OH)–C–C–N with tert-alkyl or cyclic N) is 1. The minimum Gasteiger partial charge on any atom is -0.480 e. The number of carbonyl (C=O) groups is 2. The molecule has 0 saturated carbocycles. The lowest BCUT2D eigenvalue weighted by Crippen LogP contribution is -2.43. The van der Waals surface area contributed by atoms with Gasteiger partial charge in [0.25, 0.3) is 0 Å². The topological polar surface area (TPSA) is 89.9 Å². The average Bonchev–Trinajstić information content (AvgIpc) is 2.74. The third kappa shape index (κ3) is 3.15. The maximum absolute atomic E-state index is 12.0. The van der Waals surface area contributed by atoms with Gasteiger partial charge in [0.2, 0.25) is 0 Å². The number of halogens is 1. The zero-order valence-corrected chi connectivity index (χ0v) is 10.7. The van der Waals surface area contributed by atoms with Gasteiger partial charge in [-0.1, -0.05) is 11.6 Å². The zero-order chi connectivity index (χ0) is 14.0. The van der Waals surface area contributed by atoms with Gasteiger partial charge in [-0.15, -0.1) is 0 Å². The Morgan fingerprint density at radius 1 is 1.32 bits per heavy atom. The molecule has 1 aromatic carbocycles. The molecule has 0 spiro atoms. The Morgan fingerprint density at radius 3 is 2.53 bits per heavy atom. The highest BCUT2D eigenvalue weighted by molar-refractivity contribution is 6.30. The number of carboxylic acids is 1. The fourth-order valence-electron chi connectivity index (χ4n) is 2.00. The van der Waals surface area contributed by atoms with E-state index < -0.39 is 24.1 Å². The summed E-state index contributed by atoms with van der Waals surface area (Å²) in [5.41, 5.74) is 0.514. The first kappa shape index (κ1) is 13.6. The molecule has 1 aliphatic rings. The smallest absolute Gasteiger partial charge is 0.326 e. The number of amides is 2. The van der Waals surface area contributed by atoms with Gasteiger partial charge < -0.3 is 20.4 Å². The molecule has 6 nitrogen and oxygen atoms in total. The number of hydrogen-bond donors (Lipinski definition) is 3. The Bertz CT molecular complexity index is 491. The number of benzene rings is 1. The van der Waals surface area contributed by atoms with Gasteiger partial charge in [-0.25, -0.2) is 9.59 Å². The Morgan fingerprint density at radius 2 is 1.95 bits per heavy atom. The van der Waals surface area contributed by atoms with E-state index in [9.17, 15) is 14.7 Å². The molecule has 0 aromatic heterocycles. The first-order valence-corrected chi connectivity index (χ1v) is 6.09. The number of anilines is 1. The molecular formula is C12H13ClN2O4. The summed E-state index contributed by atoms with van der Waals surface area (Å²) in [5.74, 6) is -1.12. The van der Waals surface area contributed by atoms with E-state index in [1.54, 1.807) is 24.3 Å². The van der Waals surface area contributed by atoms with Crippen molar-refractivity contribution in [2.24, 2.45) is 0 Å². The highest BCUT2D eigenvalue weighted by Crippen LogP contribution is 2.20. The number of hydrogen-bond acceptors (Lipinski definition) is 3. The lowest BCUT2D eigenvalue weighted by molar-refractivity contribution is -0.141. The lowest BCUT2D eigenvalue weighted by atomic mass is 10.2. The van der Waals surface area contributed by atoms with Crippen LogP contribution in [0.5, 0.6) is 0 Å². The minimum atomic E-state index is -1.12. The monoisotopic (exact) mass is 284 g/mol. The van der Waals surface area contributed by atoms with E-state index in [1.165, 1.54) is 0 Å². The van der Waals surface area contributed by atoms with Crippen LogP contribution in [0.1, 0.15) is 6.42 Å². The van der Waals surface area contributed by atoms with E-state index in [2.05, 4.69) is 5.32 Å². The van der Waals surface area contributed by atoms with Crippen molar-refractivity contribution in [1.29, 1.82) is 0 Å². The second-order valence-electron chi connectivity index (χ2n) is 4.33. The van der Waals surface area contributed by atoms with E-state index in [0.717, 1.165) is 4.90 Å². The predicted molar refractivity (Wildman–Crippen MR) is 69.2 cm³/mol. The summed E-state index contributed by atoms with van der Waals surface area (Å²) in [4.78, 5) is 24.1. The van der Waals surface area contributed by atoms with Gasteiger partial charge in [-0.3, -0.25) is 0 Å². The molecule has 0 radical (unpaired) electrons. The van der Waals surface area contributed by atoms with Gasteiger partial charge in [0.1, 0.15) is 6.04 Å². The molecule has 3 N–H and O–H groups in total. The molecular weight excluding hydrogens is 272 g/mol. The fraction of sp³-hybridized carbons (Fsp3) is 0.333. The number of carboxylic acid groups (broad SMARTS) is 1. The van der Waals surface area contributed by atoms with E-state index >= 15 is 0 Å². The van der Waals surface area contributed by atoms with Crippen LogP contribution in [0.3, 0.4) is 0 Å². The normalized spacial score (nSPS) is 22.3. The van der Waals surface area contributed by atoms with Gasteiger partial charge in [-0.2, -0.15) is 0 Å². The van der Waals surface area contributed by atoms with Crippen LogP contribution < -0.4 is 5.32 Å². The summed E-state index contributed by atoms with van der Waals surface area (Å²) >= 11 is 5.73. The lowest BCUT2D eigenvalue weighted by Gasteiger charge is -2.21. The highest BCUT2D eigenvalue weighted by Gasteiger charge is 2.38. The number of likely N-dealkylation sites (tertiary alicyclic amines) is 1. The van der Waals surface area contributed by atoms with Crippen molar-refractivity contribution in [1.82, 2.24) is 4.90 Å². The molecule has 1 fully saturated rings. The summed E-state index contributed by atoms with van der Waals surface area (Å²) in [7, 11) is 0. The summed E-state index contributed by atoms with van der Waals surface area (Å²) in [6.45, 7) is 0.0103. The van der Waals surface area contributed by atoms with E-state index in [4.69, 9.17) is 16.7 Å². The largest absolute Gasteiger partial charge is 0.480 e. The molecule has 0 bridgehead atoms. The van der Waals surface area contributed by atoms with Gasteiger partial charge in [0.15, 0.2) is 0 Å². The first-order valence-electron chi connectivity index (χ1n) is 5.71. The first-order chi connectivity index (χ1) is 8.97. The van der Waals surface area contributed by atoms with Crippen LogP contribution >= 0.6 is 11.6 Å². The second kappa shape index (κ2) is 5.46. The van der Waals surface area contributed by atoms with Crippen molar-refractivity contribution >= 4 is 29.3 Å². The molecule has 1 heterocycles. The molecule has 19 heavy (non-hydrogen) atoms. The SMILES string of the molecule is O=C(O)[C@H]1C[C@H](O)CN1C(=O)Nc1ccc(Cl)cc1. The number of aliphatic hydroxyl groups excluding tert-OH is 1. The average molecular weight is 285 g/mol. The second-order valence-corrected chi connectivity index (χ2v) is 4.77. The summed E-state index contributed by atoms with van der Waals surface area (Å²) in [6.07, 6.45) is -0.763. The maximum atomic E-state index is 12.0. The Labute approximate surface area is 114 Å². The summed E-state index contributed by atoms with van der Waals surface area (Å²) in [5, 5.41) is 21.6. The molecule has 2 rings (SSSR count). The Hall–Kier alpha value is -1.79. The van der Waals surface area contributed by atoms with Gasteiger partial charge in [0.05, 0.1) is 6.10 Å². The van der Waals surface area contributed by atoms with Gasteiger partial charge >= 0.3 is 12.0 Å². The van der Waals surface area contributed by atoms with Crippen molar-refractivity contribution in [2.45, 2.75) is 18.6 Å². The Kier molecular flexibility index (Phi) is 3.92. The Balaban J connectivity index is 2.06. The number of nitrogens with zero attached hydrogens (tertiary/aromatic N) is 1. The summed E-state index contributed by atoms with van der Waals surface area (Å²) < 4.78 is 0. The molecule has 1 aliphatic heterocycles. The van der Waals surface area contributed by atoms with Gasteiger partial charge in [-0.05, 0) is 24.3 Å². The molecule has 1 aromatic rings. The standard InChI is InChI=1S/C12H13ClN2O4/c13-7-1-3-8(4-2-7)14-12(19)15-6-9(16)5-10(15)11(17)18/h1-4,9-10,16H,5-6H2,(H,14,19)(H,17,18)/t9-,10+/m0/s1. The summed E-state index contributed by atoms with van der Waals surface area (Å²) in [6, 6.07) is 4.91. The van der Waals surface area contributed by atoms with Crippen molar-refractivity contribution in [3.05, 3.63) is 29.3 Å². The van der Waals surface area contributed by atoms with E-state index in [1.807, 2.05) is 0 Å². The maximum Gasteiger partial charge on any atom is 0.326 e. The highest BCUT2D eigenvalue weighted by atomic mass is 35.5. The van der Waals surface area contributed by atoms with Crippen LogP contribution in [-0.4, -0.2) is 45.8 Å². The number of carbonyl (C=O) groups excluding carboxylic acids is 1. The number of urea groups is 1. The number of aliphatic carboxylic acids is 1. The molecule has 2 amide bonds. The van der Waals surface area contributed by atoms with Crippen LogP contribution in [0.2, 0.25) is 5.02 Å². The molecule has 2 atom stereocenters. The molecule has 7 heteroatoms. The number of rotatable bonds is 2. The van der Waals surface area contributed by atoms with Crippen LogP contribution in [-0.2, 0) is 4.79 Å². The number of nitrogens with one attached hydrogen (secondary N) is 1. The van der Waals surface area contributed by atoms with E-state index in [0.29, 0.717) is 10.7 Å². The van der Waals surface area contributed by atoms with E-state index in [-0.39, 0.29) is 13.0 Å². The van der Waals surface area contributed by atoms with Crippen molar-refractivity contribution in [3.8, 4) is 0 Å². The quantitative estimate of drug-likeness (QED) is 0.765. The third-order valence-electron chi connectivity index (χ3n) is 2.92.